The summed E-state index contributed by atoms with van der Waals surface area (Å²) in [4.78, 5) is 11.8. The van der Waals surface area contributed by atoms with Gasteiger partial charge in [-0.15, -0.1) is 0 Å². The topological polar surface area (TPSA) is 26.3 Å². The molecule has 0 aliphatic heterocycles. The highest BCUT2D eigenvalue weighted by molar-refractivity contribution is 5.83. The van der Waals surface area contributed by atoms with Gasteiger partial charge < -0.3 is 4.74 Å². The summed E-state index contributed by atoms with van der Waals surface area (Å²) in [6.07, 6.45) is 1.96. The molecular weight excluding hydrogens is 219 g/mol. The molecule has 3 heteroatoms. The first-order valence-corrected chi connectivity index (χ1v) is 5.94. The Kier molecular flexibility index (Phi) is 5.13. The van der Waals surface area contributed by atoms with Crippen molar-refractivity contribution in [3.8, 4) is 5.75 Å². The van der Waals surface area contributed by atoms with E-state index < -0.39 is 5.82 Å². The van der Waals surface area contributed by atoms with Gasteiger partial charge in [0.2, 0.25) is 0 Å². The minimum absolute atomic E-state index is 0.00870. The number of carbonyl (C=O) groups is 1. The normalized spacial score (nSPS) is 12.2. The van der Waals surface area contributed by atoms with Crippen molar-refractivity contribution in [2.24, 2.45) is 5.92 Å². The number of ketones is 1. The van der Waals surface area contributed by atoms with E-state index >= 15 is 0 Å². The van der Waals surface area contributed by atoms with E-state index in [4.69, 9.17) is 4.74 Å². The molecule has 0 aromatic heterocycles. The van der Waals surface area contributed by atoms with Gasteiger partial charge in [-0.05, 0) is 18.1 Å². The second-order valence-corrected chi connectivity index (χ2v) is 4.27. The summed E-state index contributed by atoms with van der Waals surface area (Å²) in [5.74, 6) is -0.157. The fourth-order valence-electron chi connectivity index (χ4n) is 1.81. The van der Waals surface area contributed by atoms with Crippen molar-refractivity contribution in [1.29, 1.82) is 0 Å². The quantitative estimate of drug-likeness (QED) is 0.759. The van der Waals surface area contributed by atoms with Crippen LogP contribution in [-0.4, -0.2) is 12.9 Å². The molecule has 1 unspecified atom stereocenters. The van der Waals surface area contributed by atoms with Crippen LogP contribution in [0, 0.1) is 11.7 Å². The Labute approximate surface area is 102 Å². The average molecular weight is 238 g/mol. The molecular formula is C14H19FO2. The van der Waals surface area contributed by atoms with Crippen LogP contribution in [-0.2, 0) is 11.2 Å². The molecule has 0 heterocycles. The molecule has 1 aromatic carbocycles. The van der Waals surface area contributed by atoms with Crippen LogP contribution in [0.5, 0.6) is 5.75 Å². The largest absolute Gasteiger partial charge is 0.494 e. The minimum atomic E-state index is -0.424. The summed E-state index contributed by atoms with van der Waals surface area (Å²) < 4.78 is 18.7. The van der Waals surface area contributed by atoms with Crippen LogP contribution in [0.4, 0.5) is 4.39 Å². The van der Waals surface area contributed by atoms with Gasteiger partial charge in [-0.1, -0.05) is 32.4 Å². The number of rotatable bonds is 6. The van der Waals surface area contributed by atoms with Crippen molar-refractivity contribution < 1.29 is 13.9 Å². The van der Waals surface area contributed by atoms with Crippen molar-refractivity contribution >= 4 is 5.78 Å². The molecule has 0 saturated carbocycles. The Morgan fingerprint density at radius 3 is 2.76 bits per heavy atom. The molecule has 0 aliphatic rings. The molecule has 0 saturated heterocycles. The Morgan fingerprint density at radius 1 is 1.47 bits per heavy atom. The lowest BCUT2D eigenvalue weighted by molar-refractivity contribution is -0.121. The number of Topliss-reactive ketones (excluding diaryl/α,β-unsaturated/α-hetero) is 1. The number of halogens is 1. The van der Waals surface area contributed by atoms with E-state index in [-0.39, 0.29) is 23.9 Å². The van der Waals surface area contributed by atoms with Gasteiger partial charge in [-0.3, -0.25) is 4.79 Å². The highest BCUT2D eigenvalue weighted by atomic mass is 19.1. The molecule has 1 atom stereocenters. The Bertz CT molecular complexity index is 388. The first-order chi connectivity index (χ1) is 8.10. The first-order valence-electron chi connectivity index (χ1n) is 5.94. The smallest absolute Gasteiger partial charge is 0.168 e. The lowest BCUT2D eigenvalue weighted by Crippen LogP contribution is -2.14. The average Bonchev–Trinajstić information content (AvgIpc) is 2.32. The molecule has 0 N–H and O–H groups in total. The maximum absolute atomic E-state index is 13.8. The number of carbonyl (C=O) groups excluding carboxylic acids is 1. The number of ether oxygens (including phenoxy) is 1. The Balaban J connectivity index is 2.78. The summed E-state index contributed by atoms with van der Waals surface area (Å²) in [6, 6.07) is 4.89. The second-order valence-electron chi connectivity index (χ2n) is 4.27. The predicted molar refractivity (Wildman–Crippen MR) is 65.7 cm³/mol. The fourth-order valence-corrected chi connectivity index (χ4v) is 1.81. The van der Waals surface area contributed by atoms with Crippen LogP contribution in [0.15, 0.2) is 18.2 Å². The third-order valence-corrected chi connectivity index (χ3v) is 2.90. The first kappa shape index (κ1) is 13.7. The molecule has 0 radical (unpaired) electrons. The zero-order valence-corrected chi connectivity index (χ0v) is 10.6. The summed E-state index contributed by atoms with van der Waals surface area (Å²) >= 11 is 0. The molecule has 0 fully saturated rings. The van der Waals surface area contributed by atoms with E-state index in [1.807, 2.05) is 13.8 Å². The molecule has 2 nitrogen and oxygen atoms in total. The zero-order valence-electron chi connectivity index (χ0n) is 10.6. The maximum Gasteiger partial charge on any atom is 0.168 e. The van der Waals surface area contributed by atoms with Crippen LogP contribution in [0.2, 0.25) is 0 Å². The Morgan fingerprint density at radius 2 is 2.18 bits per heavy atom. The van der Waals surface area contributed by atoms with Gasteiger partial charge in [0.1, 0.15) is 5.78 Å². The molecule has 0 bridgehead atoms. The summed E-state index contributed by atoms with van der Waals surface area (Å²) in [6.45, 7) is 3.93. The van der Waals surface area contributed by atoms with E-state index in [9.17, 15) is 9.18 Å². The molecule has 94 valence electrons. The number of hydrogen-bond donors (Lipinski definition) is 0. The lowest BCUT2D eigenvalue weighted by Gasteiger charge is -2.10. The predicted octanol–water partition coefficient (Wildman–Crippen LogP) is 3.38. The van der Waals surface area contributed by atoms with Crippen LogP contribution in [0.1, 0.15) is 32.3 Å². The third-order valence-electron chi connectivity index (χ3n) is 2.90. The molecule has 0 spiro atoms. The summed E-state index contributed by atoms with van der Waals surface area (Å²) in [5.41, 5.74) is 0.414. The van der Waals surface area contributed by atoms with Gasteiger partial charge in [0, 0.05) is 12.3 Å². The summed E-state index contributed by atoms with van der Waals surface area (Å²) in [5, 5.41) is 0. The van der Waals surface area contributed by atoms with E-state index in [1.54, 1.807) is 18.2 Å². The van der Waals surface area contributed by atoms with Crippen molar-refractivity contribution in [3.05, 3.63) is 29.6 Å². The molecule has 17 heavy (non-hydrogen) atoms. The zero-order chi connectivity index (χ0) is 12.8. The highest BCUT2D eigenvalue weighted by Gasteiger charge is 2.16. The van der Waals surface area contributed by atoms with Crippen molar-refractivity contribution in [3.63, 3.8) is 0 Å². The summed E-state index contributed by atoms with van der Waals surface area (Å²) in [7, 11) is 1.42. The van der Waals surface area contributed by atoms with Crippen molar-refractivity contribution in [2.75, 3.05) is 7.11 Å². The number of benzene rings is 1. The SMILES string of the molecule is CCCC(C)C(=O)Cc1cccc(OC)c1F. The van der Waals surface area contributed by atoms with E-state index in [0.717, 1.165) is 12.8 Å². The molecule has 1 aromatic rings. The maximum atomic E-state index is 13.8. The van der Waals surface area contributed by atoms with E-state index in [2.05, 4.69) is 0 Å². The number of hydrogen-bond acceptors (Lipinski definition) is 2. The van der Waals surface area contributed by atoms with Gasteiger partial charge in [0.05, 0.1) is 7.11 Å². The Hall–Kier alpha value is -1.38. The van der Waals surface area contributed by atoms with Crippen LogP contribution >= 0.6 is 0 Å². The van der Waals surface area contributed by atoms with Gasteiger partial charge >= 0.3 is 0 Å². The standard InChI is InChI=1S/C14H19FO2/c1-4-6-10(2)12(16)9-11-7-5-8-13(17-3)14(11)15/h5,7-8,10H,4,6,9H2,1-3H3. The van der Waals surface area contributed by atoms with Crippen molar-refractivity contribution in [1.82, 2.24) is 0 Å². The van der Waals surface area contributed by atoms with Crippen LogP contribution < -0.4 is 4.74 Å². The molecule has 1 rings (SSSR count). The lowest BCUT2D eigenvalue weighted by atomic mass is 9.95. The van der Waals surface area contributed by atoms with Gasteiger partial charge in [-0.2, -0.15) is 0 Å². The third kappa shape index (κ3) is 3.55. The van der Waals surface area contributed by atoms with Gasteiger partial charge in [-0.25, -0.2) is 4.39 Å². The van der Waals surface area contributed by atoms with E-state index in [0.29, 0.717) is 5.56 Å². The minimum Gasteiger partial charge on any atom is -0.494 e. The second kappa shape index (κ2) is 6.38. The monoisotopic (exact) mass is 238 g/mol. The number of methoxy groups -OCH3 is 1. The van der Waals surface area contributed by atoms with Gasteiger partial charge in [0.25, 0.3) is 0 Å². The molecule has 0 aliphatic carbocycles. The van der Waals surface area contributed by atoms with E-state index in [1.165, 1.54) is 7.11 Å². The van der Waals surface area contributed by atoms with Crippen molar-refractivity contribution in [2.45, 2.75) is 33.1 Å². The van der Waals surface area contributed by atoms with Crippen LogP contribution in [0.25, 0.3) is 0 Å². The van der Waals surface area contributed by atoms with Gasteiger partial charge in [0.15, 0.2) is 11.6 Å². The highest BCUT2D eigenvalue weighted by Crippen LogP contribution is 2.21. The van der Waals surface area contributed by atoms with Crippen LogP contribution in [0.3, 0.4) is 0 Å². The molecule has 0 amide bonds. The fraction of sp³-hybridized carbons (Fsp3) is 0.500.